The SMILES string of the molecule is COc1cccc(C(=O)N2CCO[C@@](COc3cccc(Cl)c3)(CC(=O)N3CCN(C)CC3)C2)c1. The Kier molecular flexibility index (Phi) is 8.15. The van der Waals surface area contributed by atoms with Crippen LogP contribution in [0.25, 0.3) is 0 Å². The van der Waals surface area contributed by atoms with Gasteiger partial charge in [-0.25, -0.2) is 0 Å². The number of hydrogen-bond donors (Lipinski definition) is 0. The zero-order valence-corrected chi connectivity index (χ0v) is 21.0. The monoisotopic (exact) mass is 501 g/mol. The number of benzene rings is 2. The van der Waals surface area contributed by atoms with E-state index >= 15 is 0 Å². The lowest BCUT2D eigenvalue weighted by Crippen LogP contribution is -2.59. The summed E-state index contributed by atoms with van der Waals surface area (Å²) in [4.78, 5) is 32.5. The molecule has 4 rings (SSSR count). The molecule has 0 aromatic heterocycles. The highest BCUT2D eigenvalue weighted by molar-refractivity contribution is 6.30. The van der Waals surface area contributed by atoms with E-state index in [1.807, 2.05) is 11.0 Å². The molecule has 1 atom stereocenters. The lowest BCUT2D eigenvalue weighted by atomic mass is 9.96. The average Bonchev–Trinajstić information content (AvgIpc) is 2.87. The van der Waals surface area contributed by atoms with Gasteiger partial charge in [-0.3, -0.25) is 9.59 Å². The van der Waals surface area contributed by atoms with Crippen molar-refractivity contribution >= 4 is 23.4 Å². The van der Waals surface area contributed by atoms with Gasteiger partial charge in [-0.15, -0.1) is 0 Å². The number of halogens is 1. The van der Waals surface area contributed by atoms with Crippen LogP contribution in [0.5, 0.6) is 11.5 Å². The van der Waals surface area contributed by atoms with Gasteiger partial charge in [0.1, 0.15) is 23.7 Å². The maximum atomic E-state index is 13.4. The molecule has 9 heteroatoms. The van der Waals surface area contributed by atoms with E-state index in [1.54, 1.807) is 54.5 Å². The molecule has 0 saturated carbocycles. The molecule has 2 aromatic rings. The summed E-state index contributed by atoms with van der Waals surface area (Å²) in [7, 11) is 3.62. The molecule has 35 heavy (non-hydrogen) atoms. The Morgan fingerprint density at radius 1 is 1.00 bits per heavy atom. The minimum Gasteiger partial charge on any atom is -0.497 e. The van der Waals surface area contributed by atoms with Gasteiger partial charge >= 0.3 is 0 Å². The van der Waals surface area contributed by atoms with E-state index < -0.39 is 5.60 Å². The van der Waals surface area contributed by atoms with E-state index in [4.69, 9.17) is 25.8 Å². The van der Waals surface area contributed by atoms with Crippen molar-refractivity contribution in [3.63, 3.8) is 0 Å². The standard InChI is InChI=1S/C26H32ClN3O5/c1-28-9-11-29(12-10-28)24(31)17-26(19-34-23-8-4-6-21(27)16-23)18-30(13-14-35-26)25(32)20-5-3-7-22(15-20)33-2/h3-8,15-16H,9-14,17-19H2,1-2H3/t26-/m0/s1. The minimum atomic E-state index is -0.977. The lowest BCUT2D eigenvalue weighted by molar-refractivity contribution is -0.154. The molecule has 0 spiro atoms. The molecule has 0 N–H and O–H groups in total. The Labute approximate surface area is 211 Å². The van der Waals surface area contributed by atoms with Crippen molar-refractivity contribution in [3.05, 3.63) is 59.1 Å². The number of rotatable bonds is 7. The topological polar surface area (TPSA) is 71.5 Å². The quantitative estimate of drug-likeness (QED) is 0.581. The molecule has 8 nitrogen and oxygen atoms in total. The van der Waals surface area contributed by atoms with E-state index in [9.17, 15) is 9.59 Å². The predicted octanol–water partition coefficient (Wildman–Crippen LogP) is 2.80. The van der Waals surface area contributed by atoms with E-state index in [0.717, 1.165) is 13.1 Å². The van der Waals surface area contributed by atoms with Crippen LogP contribution in [0.4, 0.5) is 0 Å². The van der Waals surface area contributed by atoms with Crippen LogP contribution in [0.2, 0.25) is 5.02 Å². The van der Waals surface area contributed by atoms with Gasteiger partial charge in [0.2, 0.25) is 5.91 Å². The van der Waals surface area contributed by atoms with Crippen molar-refractivity contribution in [2.24, 2.45) is 0 Å². The minimum absolute atomic E-state index is 0.00322. The fourth-order valence-corrected chi connectivity index (χ4v) is 4.60. The third-order valence-corrected chi connectivity index (χ3v) is 6.71. The smallest absolute Gasteiger partial charge is 0.254 e. The number of likely N-dealkylation sites (N-methyl/N-ethyl adjacent to an activating group) is 1. The van der Waals surface area contributed by atoms with Crippen molar-refractivity contribution in [1.29, 1.82) is 0 Å². The van der Waals surface area contributed by atoms with E-state index in [2.05, 4.69) is 11.9 Å². The van der Waals surface area contributed by atoms with Crippen LogP contribution >= 0.6 is 11.6 Å². The largest absolute Gasteiger partial charge is 0.497 e. The normalized spacial score (nSPS) is 21.0. The summed E-state index contributed by atoms with van der Waals surface area (Å²) in [5, 5.41) is 0.560. The molecule has 188 valence electrons. The fourth-order valence-electron chi connectivity index (χ4n) is 4.42. The zero-order valence-electron chi connectivity index (χ0n) is 20.2. The third-order valence-electron chi connectivity index (χ3n) is 6.48. The first kappa shape index (κ1) is 25.3. The summed E-state index contributed by atoms with van der Waals surface area (Å²) < 4.78 is 17.6. The molecule has 2 heterocycles. The fraction of sp³-hybridized carbons (Fsp3) is 0.462. The van der Waals surface area contributed by atoms with Crippen LogP contribution in [-0.2, 0) is 9.53 Å². The van der Waals surface area contributed by atoms with E-state index in [1.165, 1.54) is 0 Å². The molecule has 2 amide bonds. The predicted molar refractivity (Wildman–Crippen MR) is 133 cm³/mol. The number of carbonyl (C=O) groups excluding carboxylic acids is 2. The molecule has 0 bridgehead atoms. The Balaban J connectivity index is 1.53. The lowest BCUT2D eigenvalue weighted by Gasteiger charge is -2.43. The van der Waals surface area contributed by atoms with Crippen LogP contribution in [0, 0.1) is 0 Å². The average molecular weight is 502 g/mol. The summed E-state index contributed by atoms with van der Waals surface area (Å²) >= 11 is 6.12. The second-order valence-electron chi connectivity index (χ2n) is 9.10. The van der Waals surface area contributed by atoms with Crippen LogP contribution in [0.1, 0.15) is 16.8 Å². The first-order valence-electron chi connectivity index (χ1n) is 11.8. The zero-order chi connectivity index (χ0) is 24.8. The van der Waals surface area contributed by atoms with Gasteiger partial charge in [-0.05, 0) is 43.4 Å². The molecule has 2 aliphatic heterocycles. The Morgan fingerprint density at radius 2 is 1.74 bits per heavy atom. The highest BCUT2D eigenvalue weighted by Crippen LogP contribution is 2.28. The summed E-state index contributed by atoms with van der Waals surface area (Å²) in [5.74, 6) is 1.07. The maximum Gasteiger partial charge on any atom is 0.254 e. The summed E-state index contributed by atoms with van der Waals surface area (Å²) in [6.45, 7) is 4.11. The van der Waals surface area contributed by atoms with Gasteiger partial charge in [0.15, 0.2) is 0 Å². The molecule has 2 aromatic carbocycles. The van der Waals surface area contributed by atoms with Crippen molar-refractivity contribution < 1.29 is 23.8 Å². The number of carbonyl (C=O) groups is 2. The molecule has 0 radical (unpaired) electrons. The van der Waals surface area contributed by atoms with Gasteiger partial charge in [0.05, 0.1) is 26.7 Å². The Hall–Kier alpha value is -2.81. The second kappa shape index (κ2) is 11.3. The Morgan fingerprint density at radius 3 is 2.49 bits per heavy atom. The molecule has 0 aliphatic carbocycles. The van der Waals surface area contributed by atoms with Crippen LogP contribution in [0.15, 0.2) is 48.5 Å². The van der Waals surface area contributed by atoms with Crippen molar-refractivity contribution in [2.75, 3.05) is 66.6 Å². The number of nitrogens with zero attached hydrogens (tertiary/aromatic N) is 3. The van der Waals surface area contributed by atoms with E-state index in [0.29, 0.717) is 48.3 Å². The van der Waals surface area contributed by atoms with Crippen molar-refractivity contribution in [2.45, 2.75) is 12.0 Å². The number of hydrogen-bond acceptors (Lipinski definition) is 6. The van der Waals surface area contributed by atoms with Crippen LogP contribution in [-0.4, -0.2) is 98.8 Å². The molecule has 0 unspecified atom stereocenters. The number of amides is 2. The summed E-state index contributed by atoms with van der Waals surface area (Å²) in [6.07, 6.45) is 0.124. The summed E-state index contributed by atoms with van der Waals surface area (Å²) in [6, 6.07) is 14.2. The molecule has 2 saturated heterocycles. The van der Waals surface area contributed by atoms with Gasteiger partial charge in [-0.2, -0.15) is 0 Å². The Bertz CT molecular complexity index is 1040. The highest BCUT2D eigenvalue weighted by atomic mass is 35.5. The van der Waals surface area contributed by atoms with Gasteiger partial charge in [0, 0.05) is 43.3 Å². The number of ether oxygens (including phenoxy) is 3. The summed E-state index contributed by atoms with van der Waals surface area (Å²) in [5.41, 5.74) is -0.448. The highest BCUT2D eigenvalue weighted by Gasteiger charge is 2.42. The van der Waals surface area contributed by atoms with E-state index in [-0.39, 0.29) is 31.4 Å². The molecule has 2 fully saturated rings. The third kappa shape index (κ3) is 6.45. The number of morpholine rings is 1. The first-order chi connectivity index (χ1) is 16.9. The maximum absolute atomic E-state index is 13.4. The van der Waals surface area contributed by atoms with Crippen molar-refractivity contribution in [3.8, 4) is 11.5 Å². The van der Waals surface area contributed by atoms with Crippen LogP contribution in [0.3, 0.4) is 0 Å². The number of methoxy groups -OCH3 is 1. The molecular weight excluding hydrogens is 470 g/mol. The number of piperazine rings is 1. The van der Waals surface area contributed by atoms with Gasteiger partial charge in [-0.1, -0.05) is 23.7 Å². The van der Waals surface area contributed by atoms with Crippen LogP contribution < -0.4 is 9.47 Å². The van der Waals surface area contributed by atoms with Gasteiger partial charge < -0.3 is 28.9 Å². The van der Waals surface area contributed by atoms with Crippen molar-refractivity contribution in [1.82, 2.24) is 14.7 Å². The second-order valence-corrected chi connectivity index (χ2v) is 9.53. The van der Waals surface area contributed by atoms with Gasteiger partial charge in [0.25, 0.3) is 5.91 Å². The first-order valence-corrected chi connectivity index (χ1v) is 12.2. The molecule has 2 aliphatic rings. The molecular formula is C26H32ClN3O5.